The molecule has 2 aliphatic carbocycles. The van der Waals surface area contributed by atoms with E-state index in [1.165, 1.54) is 51.4 Å². The second-order valence-corrected chi connectivity index (χ2v) is 13.0. The van der Waals surface area contributed by atoms with E-state index in [0.717, 1.165) is 82.9 Å². The molecule has 0 aromatic carbocycles. The monoisotopic (exact) mass is 663 g/mol. The van der Waals surface area contributed by atoms with Crippen molar-refractivity contribution in [2.24, 2.45) is 33.9 Å². The fourth-order valence-electron chi connectivity index (χ4n) is 6.54. The van der Waals surface area contributed by atoms with Crippen molar-refractivity contribution < 1.29 is 16.8 Å². The van der Waals surface area contributed by atoms with Crippen molar-refractivity contribution in [3.63, 3.8) is 0 Å². The summed E-state index contributed by atoms with van der Waals surface area (Å²) in [6.45, 7) is 8.18. The molecule has 6 aliphatic rings. The van der Waals surface area contributed by atoms with Gasteiger partial charge in [0.2, 0.25) is 0 Å². The van der Waals surface area contributed by atoms with Crippen LogP contribution >= 0.6 is 0 Å². The van der Waals surface area contributed by atoms with Gasteiger partial charge in [-0.3, -0.25) is 9.97 Å². The van der Waals surface area contributed by atoms with E-state index in [4.69, 9.17) is 0 Å². The Balaban J connectivity index is 0.000000192. The second kappa shape index (κ2) is 16.8. The van der Waals surface area contributed by atoms with Crippen LogP contribution < -0.4 is 0 Å². The molecule has 6 heterocycles. The van der Waals surface area contributed by atoms with Crippen molar-refractivity contribution in [2.45, 2.75) is 65.2 Å². The topological polar surface area (TPSA) is 85.2 Å². The van der Waals surface area contributed by atoms with Gasteiger partial charge in [0.25, 0.3) is 0 Å². The average molecular weight is 664 g/mol. The van der Waals surface area contributed by atoms with Gasteiger partial charge in [-0.15, -0.1) is 0 Å². The minimum Gasteiger partial charge on any atom is -0.515 e. The molecule has 8 nitrogen and oxygen atoms in total. The molecule has 2 saturated carbocycles. The van der Waals surface area contributed by atoms with Gasteiger partial charge >= 0.3 is 16.8 Å². The Bertz CT molecular complexity index is 1120. The van der Waals surface area contributed by atoms with E-state index in [1.54, 1.807) is 12.4 Å². The minimum absolute atomic E-state index is 0. The summed E-state index contributed by atoms with van der Waals surface area (Å²) < 4.78 is 0. The molecule has 230 valence electrons. The van der Waals surface area contributed by atoms with Crippen molar-refractivity contribution in [3.05, 3.63) is 71.0 Å². The Morgan fingerprint density at radius 3 is 1.23 bits per heavy atom. The number of pyridine rings is 2. The van der Waals surface area contributed by atoms with Crippen LogP contribution in [0.1, 0.15) is 76.6 Å². The third-order valence-corrected chi connectivity index (χ3v) is 9.81. The summed E-state index contributed by atoms with van der Waals surface area (Å²) in [7, 11) is 0. The first kappa shape index (κ1) is 33.7. The fraction of sp³-hybridized carbons (Fsp3) is 0.562. The van der Waals surface area contributed by atoms with Gasteiger partial charge in [0, 0.05) is 50.0 Å². The van der Waals surface area contributed by atoms with Gasteiger partial charge in [-0.05, 0) is 113 Å². The number of hydrogen-bond acceptors (Lipinski definition) is 4. The third kappa shape index (κ3) is 9.92. The Hall–Kier alpha value is -2.15. The number of fused-ring (bicyclic) bond motifs is 8. The van der Waals surface area contributed by atoms with Crippen LogP contribution in [0.2, 0.25) is 0 Å². The van der Waals surface area contributed by atoms with E-state index in [2.05, 4.69) is 65.3 Å². The maximum absolute atomic E-state index is 4.57. The van der Waals surface area contributed by atoms with E-state index in [9.17, 15) is 0 Å². The molecule has 0 unspecified atom stereocenters. The summed E-state index contributed by atoms with van der Waals surface area (Å²) >= 11 is 9.13. The summed E-state index contributed by atoms with van der Waals surface area (Å²) in [6, 6.07) is 11.6. The molecule has 4 aliphatic heterocycles. The second-order valence-electron chi connectivity index (χ2n) is 12.2. The molecule has 2 aromatic rings. The normalized spacial score (nSPS) is 25.8. The predicted molar refractivity (Wildman–Crippen MR) is 181 cm³/mol. The molecular formula is C32H44CoN8S2+3. The Labute approximate surface area is 277 Å². The molecule has 0 atom stereocenters. The van der Waals surface area contributed by atoms with Crippen LogP contribution in [0.3, 0.4) is 0 Å². The van der Waals surface area contributed by atoms with E-state index >= 15 is 0 Å². The molecule has 11 heteroatoms. The number of rotatable bonds is 4. The van der Waals surface area contributed by atoms with Crippen molar-refractivity contribution in [1.29, 1.82) is 0 Å². The molecule has 43 heavy (non-hydrogen) atoms. The van der Waals surface area contributed by atoms with Crippen LogP contribution in [-0.4, -0.2) is 67.6 Å². The third-order valence-electron chi connectivity index (χ3n) is 9.06. The largest absolute Gasteiger partial charge is 3.00 e. The minimum atomic E-state index is 0. The van der Waals surface area contributed by atoms with Gasteiger partial charge in [-0.1, -0.05) is 12.1 Å². The molecule has 2 aromatic heterocycles. The SMILES string of the molecule is CC(=N[N-]C(=[SH+])N1CC2CCC(CC2)C1)c1ccccn1.CC(=N[N-]C(=[SH+])N1CC2CCC(CC2)C1)c1ccccn1.[Co+3]. The summed E-state index contributed by atoms with van der Waals surface area (Å²) in [5, 5.41) is 10.1. The van der Waals surface area contributed by atoms with E-state index in [1.807, 2.05) is 50.2 Å². The number of hydrogen-bond donors (Lipinski definition) is 0. The van der Waals surface area contributed by atoms with Crippen LogP contribution in [0.25, 0.3) is 10.9 Å². The summed E-state index contributed by atoms with van der Waals surface area (Å²) in [5.41, 5.74) is 12.0. The van der Waals surface area contributed by atoms with E-state index in [0.29, 0.717) is 0 Å². The van der Waals surface area contributed by atoms with Crippen molar-refractivity contribution in [3.8, 4) is 0 Å². The van der Waals surface area contributed by atoms with Gasteiger partial charge in [0.15, 0.2) is 34.7 Å². The molecule has 0 amide bonds. The maximum atomic E-state index is 4.57. The molecule has 6 fully saturated rings. The van der Waals surface area contributed by atoms with Gasteiger partial charge in [0.05, 0.1) is 11.4 Å². The molecule has 0 spiro atoms. The molecule has 4 bridgehead atoms. The zero-order chi connectivity index (χ0) is 29.3. The average Bonchev–Trinajstić information content (AvgIpc) is 3.56. The van der Waals surface area contributed by atoms with Crippen LogP contribution in [0, 0.1) is 23.7 Å². The standard InChI is InChI=1S/2C16H22N4S.Co/c2*1-12(15-4-2-3-9-17-15)18-19-16(21)20-10-13-5-6-14(11-20)8-7-13;/h2*2-4,9,13-14H,5-8,10-11H2,1H3,(H,17,19,21);/q;;+3. The Kier molecular flexibility index (Phi) is 13.2. The van der Waals surface area contributed by atoms with Gasteiger partial charge in [-0.2, -0.15) is 0 Å². The fourth-order valence-corrected chi connectivity index (χ4v) is 6.95. The first-order chi connectivity index (χ1) is 20.4. The Morgan fingerprint density at radius 2 is 0.953 bits per heavy atom. The van der Waals surface area contributed by atoms with Crippen LogP contribution in [-0.2, 0) is 41.2 Å². The first-order valence-corrected chi connectivity index (χ1v) is 16.3. The summed E-state index contributed by atoms with van der Waals surface area (Å²) in [6.07, 6.45) is 14.4. The van der Waals surface area contributed by atoms with E-state index in [-0.39, 0.29) is 16.8 Å². The molecule has 0 radical (unpaired) electrons. The van der Waals surface area contributed by atoms with Gasteiger partial charge < -0.3 is 21.1 Å². The number of thiol groups is 2. The maximum Gasteiger partial charge on any atom is 3.00 e. The molecule has 0 N–H and O–H groups in total. The van der Waals surface area contributed by atoms with Crippen molar-refractivity contribution in [2.75, 3.05) is 26.2 Å². The Morgan fingerprint density at radius 1 is 0.628 bits per heavy atom. The van der Waals surface area contributed by atoms with Crippen molar-refractivity contribution >= 4 is 46.1 Å². The molecule has 4 saturated heterocycles. The molecular weight excluding hydrogens is 619 g/mol. The molecule has 8 rings (SSSR count). The summed E-state index contributed by atoms with van der Waals surface area (Å²) in [4.78, 5) is 13.2. The van der Waals surface area contributed by atoms with Crippen LogP contribution in [0.5, 0.6) is 0 Å². The smallest absolute Gasteiger partial charge is 0.515 e. The first-order valence-electron chi connectivity index (χ1n) is 15.4. The van der Waals surface area contributed by atoms with E-state index < -0.39 is 0 Å². The zero-order valence-corrected chi connectivity index (χ0v) is 28.0. The van der Waals surface area contributed by atoms with Crippen LogP contribution in [0.4, 0.5) is 0 Å². The number of aromatic nitrogens is 2. The summed E-state index contributed by atoms with van der Waals surface area (Å²) in [5.74, 6) is 3.23. The quantitative estimate of drug-likeness (QED) is 0.146. The van der Waals surface area contributed by atoms with Crippen LogP contribution in [0.15, 0.2) is 59.0 Å². The van der Waals surface area contributed by atoms with Crippen molar-refractivity contribution in [1.82, 2.24) is 19.8 Å². The zero-order valence-electron chi connectivity index (χ0n) is 25.2. The number of nitrogens with zero attached hydrogens (tertiary/aromatic N) is 8. The van der Waals surface area contributed by atoms with Gasteiger partial charge in [0.1, 0.15) is 0 Å². The predicted octanol–water partition coefficient (Wildman–Crippen LogP) is 5.33. The van der Waals surface area contributed by atoms with Gasteiger partial charge in [-0.25, -0.2) is 9.80 Å².